The lowest BCUT2D eigenvalue weighted by Crippen LogP contribution is -2.37. The summed E-state index contributed by atoms with van der Waals surface area (Å²) in [5.41, 5.74) is 0.638. The topological polar surface area (TPSA) is 133 Å². The molecule has 3 N–H and O–H groups in total. The summed E-state index contributed by atoms with van der Waals surface area (Å²) in [6, 6.07) is 7.61. The van der Waals surface area contributed by atoms with Crippen LogP contribution in [-0.4, -0.2) is 48.8 Å². The van der Waals surface area contributed by atoms with Crippen LogP contribution in [0.1, 0.15) is 46.2 Å². The van der Waals surface area contributed by atoms with E-state index in [1.165, 1.54) is 43.3 Å². The van der Waals surface area contributed by atoms with Crippen molar-refractivity contribution >= 4 is 34.5 Å². The van der Waals surface area contributed by atoms with Crippen LogP contribution in [0.2, 0.25) is 0 Å². The Morgan fingerprint density at radius 1 is 1.23 bits per heavy atom. The highest BCUT2D eigenvalue weighted by Gasteiger charge is 2.43. The molecular formula is C20H20N2O7S. The van der Waals surface area contributed by atoms with Gasteiger partial charge in [-0.3, -0.25) is 19.3 Å². The predicted molar refractivity (Wildman–Crippen MR) is 109 cm³/mol. The second-order valence-corrected chi connectivity index (χ2v) is 7.53. The van der Waals surface area contributed by atoms with Crippen LogP contribution in [0.3, 0.4) is 0 Å². The number of imide groups is 1. The number of anilines is 1. The Morgan fingerprint density at radius 3 is 2.60 bits per heavy atom. The third-order valence-corrected chi connectivity index (χ3v) is 5.14. The first kappa shape index (κ1) is 21.5. The van der Waals surface area contributed by atoms with Gasteiger partial charge < -0.3 is 19.7 Å². The van der Waals surface area contributed by atoms with E-state index in [9.17, 15) is 28.3 Å². The summed E-state index contributed by atoms with van der Waals surface area (Å²) in [6.07, 6.45) is 0. The molecule has 2 aromatic rings. The fourth-order valence-corrected chi connectivity index (χ4v) is 3.96. The molecule has 2 aromatic carbocycles. The zero-order valence-electron chi connectivity index (χ0n) is 16.2. The average molecular weight is 432 g/mol. The maximum absolute atomic E-state index is 13.2. The summed E-state index contributed by atoms with van der Waals surface area (Å²) < 4.78 is 26.5. The highest BCUT2D eigenvalue weighted by atomic mass is 32.2. The van der Waals surface area contributed by atoms with Crippen LogP contribution < -0.4 is 10.1 Å². The van der Waals surface area contributed by atoms with Gasteiger partial charge in [0.05, 0.1) is 35.2 Å². The number of ether oxygens (including phenoxy) is 1. The van der Waals surface area contributed by atoms with Crippen molar-refractivity contribution < 1.29 is 33.0 Å². The number of aromatic hydroxyl groups is 1. The van der Waals surface area contributed by atoms with E-state index < -0.39 is 40.6 Å². The molecule has 1 aliphatic rings. The molecule has 158 valence electrons. The lowest BCUT2D eigenvalue weighted by atomic mass is 10.1. The number of carbonyl (C=O) groups excluding carboxylic acids is 3. The van der Waals surface area contributed by atoms with Crippen molar-refractivity contribution in [1.82, 2.24) is 4.90 Å². The van der Waals surface area contributed by atoms with Crippen LogP contribution in [-0.2, 0) is 15.9 Å². The quantitative estimate of drug-likeness (QED) is 0.452. The van der Waals surface area contributed by atoms with E-state index in [1.807, 2.05) is 0 Å². The van der Waals surface area contributed by atoms with Gasteiger partial charge in [-0.15, -0.1) is 0 Å². The highest BCUT2D eigenvalue weighted by Crippen LogP contribution is 2.38. The molecule has 2 atom stereocenters. The number of nitrogens with one attached hydrogen (secondary N) is 1. The number of phenolic OH excluding ortho intramolecular Hbond substituents is 1. The number of fused-ring (bicyclic) bond motifs is 1. The number of nitrogens with zero attached hydrogens (tertiary/aromatic N) is 1. The first-order chi connectivity index (χ1) is 14.2. The van der Waals surface area contributed by atoms with E-state index >= 15 is 0 Å². The fraction of sp³-hybridized carbons (Fsp3) is 0.250. The normalized spacial score (nSPS) is 15.0. The molecule has 2 unspecified atom stereocenters. The Hall–Kier alpha value is -3.24. The second kappa shape index (κ2) is 8.64. The molecule has 0 aliphatic carbocycles. The first-order valence-electron chi connectivity index (χ1n) is 9.06. The molecule has 1 aliphatic heterocycles. The highest BCUT2D eigenvalue weighted by molar-refractivity contribution is 7.79. The molecule has 0 aromatic heterocycles. The van der Waals surface area contributed by atoms with Crippen molar-refractivity contribution in [1.29, 1.82) is 0 Å². The van der Waals surface area contributed by atoms with E-state index in [0.717, 1.165) is 4.90 Å². The van der Waals surface area contributed by atoms with Gasteiger partial charge in [0, 0.05) is 6.92 Å². The average Bonchev–Trinajstić information content (AvgIpc) is 2.93. The maximum atomic E-state index is 13.2. The minimum atomic E-state index is -2.34. The molecule has 0 spiro atoms. The van der Waals surface area contributed by atoms with Crippen molar-refractivity contribution in [2.75, 3.05) is 17.7 Å². The molecule has 0 saturated carbocycles. The number of phenols is 1. The molecule has 0 fully saturated rings. The van der Waals surface area contributed by atoms with Gasteiger partial charge in [-0.25, -0.2) is 4.21 Å². The molecule has 10 heteroatoms. The third-order valence-electron chi connectivity index (χ3n) is 4.54. The second-order valence-electron chi connectivity index (χ2n) is 6.55. The molecular weight excluding hydrogens is 412 g/mol. The van der Waals surface area contributed by atoms with Crippen molar-refractivity contribution in [3.8, 4) is 11.5 Å². The summed E-state index contributed by atoms with van der Waals surface area (Å²) in [5, 5.41) is 12.5. The van der Waals surface area contributed by atoms with E-state index in [4.69, 9.17) is 4.74 Å². The Morgan fingerprint density at radius 2 is 1.97 bits per heavy atom. The molecule has 0 saturated heterocycles. The minimum absolute atomic E-state index is 0.0234. The number of carbonyl (C=O) groups is 3. The van der Waals surface area contributed by atoms with Crippen molar-refractivity contribution in [3.05, 3.63) is 53.1 Å². The summed E-state index contributed by atoms with van der Waals surface area (Å²) in [6.45, 7) is 3.27. The van der Waals surface area contributed by atoms with Crippen LogP contribution in [0.4, 0.5) is 5.69 Å². The van der Waals surface area contributed by atoms with Crippen LogP contribution in [0.25, 0.3) is 0 Å². The van der Waals surface area contributed by atoms with Crippen LogP contribution >= 0.6 is 0 Å². The van der Waals surface area contributed by atoms with Gasteiger partial charge in [0.15, 0.2) is 22.6 Å². The van der Waals surface area contributed by atoms with E-state index in [2.05, 4.69) is 5.32 Å². The van der Waals surface area contributed by atoms with Crippen LogP contribution in [0.15, 0.2) is 36.4 Å². The summed E-state index contributed by atoms with van der Waals surface area (Å²) in [7, 11) is 0. The van der Waals surface area contributed by atoms with Gasteiger partial charge in [-0.05, 0) is 36.8 Å². The number of hydrogen-bond acceptors (Lipinski definition) is 6. The third kappa shape index (κ3) is 4.05. The largest absolute Gasteiger partial charge is 0.504 e. The van der Waals surface area contributed by atoms with Crippen molar-refractivity contribution in [3.63, 3.8) is 0 Å². The van der Waals surface area contributed by atoms with Gasteiger partial charge in [0.1, 0.15) is 0 Å². The monoisotopic (exact) mass is 432 g/mol. The van der Waals surface area contributed by atoms with Gasteiger partial charge in [-0.2, -0.15) is 0 Å². The molecule has 30 heavy (non-hydrogen) atoms. The Kier molecular flexibility index (Phi) is 6.18. The Bertz CT molecular complexity index is 1050. The predicted octanol–water partition coefficient (Wildman–Crippen LogP) is 2.31. The Balaban J connectivity index is 2.09. The molecule has 0 bridgehead atoms. The van der Waals surface area contributed by atoms with E-state index in [0.29, 0.717) is 5.56 Å². The standard InChI is InChI=1S/C20H20N2O7S/c1-3-29-17-9-12(7-8-16(17)24)15(10-30(27)28)22-19(25)13-5-4-6-14(21-11(2)23)18(13)20(22)26/h4-9,15,24H,3,10H2,1-2H3,(H,21,23)(H,27,28). The van der Waals surface area contributed by atoms with Gasteiger partial charge in [-0.1, -0.05) is 12.1 Å². The van der Waals surface area contributed by atoms with Crippen LogP contribution in [0.5, 0.6) is 11.5 Å². The van der Waals surface area contributed by atoms with Gasteiger partial charge in [0.2, 0.25) is 5.91 Å². The van der Waals surface area contributed by atoms with Crippen molar-refractivity contribution in [2.24, 2.45) is 0 Å². The van der Waals surface area contributed by atoms with Crippen LogP contribution in [0, 0.1) is 0 Å². The van der Waals surface area contributed by atoms with E-state index in [1.54, 1.807) is 6.92 Å². The smallest absolute Gasteiger partial charge is 0.264 e. The van der Waals surface area contributed by atoms with Crippen molar-refractivity contribution in [2.45, 2.75) is 19.9 Å². The maximum Gasteiger partial charge on any atom is 0.264 e. The van der Waals surface area contributed by atoms with E-state index in [-0.39, 0.29) is 34.9 Å². The van der Waals surface area contributed by atoms with Gasteiger partial charge in [0.25, 0.3) is 11.8 Å². The minimum Gasteiger partial charge on any atom is -0.504 e. The first-order valence-corrected chi connectivity index (χ1v) is 10.3. The molecule has 3 rings (SSSR count). The number of benzene rings is 2. The number of rotatable bonds is 7. The summed E-state index contributed by atoms with van der Waals surface area (Å²) in [4.78, 5) is 38.6. The summed E-state index contributed by atoms with van der Waals surface area (Å²) >= 11 is -2.34. The molecule has 1 heterocycles. The fourth-order valence-electron chi connectivity index (χ4n) is 3.34. The molecule has 3 amide bonds. The lowest BCUT2D eigenvalue weighted by Gasteiger charge is -2.26. The lowest BCUT2D eigenvalue weighted by molar-refractivity contribution is -0.114. The summed E-state index contributed by atoms with van der Waals surface area (Å²) in [5.74, 6) is -2.20. The zero-order valence-corrected chi connectivity index (χ0v) is 17.1. The zero-order chi connectivity index (χ0) is 22.0. The molecule has 0 radical (unpaired) electrons. The van der Waals surface area contributed by atoms with Gasteiger partial charge >= 0.3 is 0 Å². The number of hydrogen-bond donors (Lipinski definition) is 3. The number of amides is 3. The SMILES string of the molecule is CCOc1cc(C(CS(=O)O)N2C(=O)c3cccc(NC(C)=O)c3C2=O)ccc1O. The Labute approximate surface area is 174 Å². The molecule has 9 nitrogen and oxygen atoms in total.